The van der Waals surface area contributed by atoms with E-state index in [1.807, 2.05) is 0 Å². The van der Waals surface area contributed by atoms with E-state index in [0.717, 1.165) is 11.4 Å². The predicted octanol–water partition coefficient (Wildman–Crippen LogP) is 6.62. The third-order valence-electron chi connectivity index (χ3n) is 7.97. The normalized spacial score (nSPS) is 24.4. The standard InChI is InChI=1S/C32H34N4S/c1-20(18-19-24(33)31-34-25-16-10-11-17-26(25)37-31)30-35-28-22-14-8-9-15-23(22)32(2,3)27(28)29(36(30)4)21-12-6-5-7-13-21/h5-19,28,30-31,34-35H,33H2,1-4H3/b20-18+,24-19-. The van der Waals surface area contributed by atoms with Gasteiger partial charge in [-0.1, -0.05) is 98.4 Å². The number of hydrogen-bond donors (Lipinski definition) is 3. The predicted molar refractivity (Wildman–Crippen MR) is 156 cm³/mol. The summed E-state index contributed by atoms with van der Waals surface area (Å²) in [6.45, 7) is 6.91. The molecular weight excluding hydrogens is 472 g/mol. The van der Waals surface area contributed by atoms with Crippen molar-refractivity contribution in [1.82, 2.24) is 10.2 Å². The van der Waals surface area contributed by atoms with E-state index in [2.05, 4.69) is 134 Å². The molecule has 0 radical (unpaired) electrons. The van der Waals surface area contributed by atoms with E-state index in [9.17, 15) is 0 Å². The van der Waals surface area contributed by atoms with Gasteiger partial charge in [-0.15, -0.1) is 0 Å². The summed E-state index contributed by atoms with van der Waals surface area (Å²) in [7, 11) is 2.21. The highest BCUT2D eigenvalue weighted by Crippen LogP contribution is 2.54. The number of fused-ring (bicyclic) bond motifs is 4. The zero-order valence-corrected chi connectivity index (χ0v) is 22.6. The number of likely N-dealkylation sites (N-methyl/N-ethyl adjacent to an activating group) is 1. The van der Waals surface area contributed by atoms with Crippen LogP contribution in [-0.4, -0.2) is 23.5 Å². The maximum Gasteiger partial charge on any atom is 0.117 e. The number of nitrogens with two attached hydrogens (primary N) is 1. The Balaban J connectivity index is 1.37. The van der Waals surface area contributed by atoms with Crippen molar-refractivity contribution in [3.63, 3.8) is 0 Å². The molecule has 3 aromatic rings. The molecule has 0 bridgehead atoms. The van der Waals surface area contributed by atoms with Crippen molar-refractivity contribution in [2.24, 2.45) is 5.73 Å². The van der Waals surface area contributed by atoms with Gasteiger partial charge in [-0.3, -0.25) is 5.32 Å². The fourth-order valence-corrected chi connectivity index (χ4v) is 7.18. The van der Waals surface area contributed by atoms with Crippen molar-refractivity contribution in [3.8, 4) is 0 Å². The zero-order chi connectivity index (χ0) is 25.7. The molecule has 0 fully saturated rings. The van der Waals surface area contributed by atoms with Crippen LogP contribution in [-0.2, 0) is 5.41 Å². The number of para-hydroxylation sites is 1. The minimum atomic E-state index is -0.0685. The van der Waals surface area contributed by atoms with Gasteiger partial charge in [0.25, 0.3) is 0 Å². The van der Waals surface area contributed by atoms with Crippen molar-refractivity contribution in [2.45, 2.75) is 48.7 Å². The number of rotatable bonds is 4. The molecule has 0 amide bonds. The first-order chi connectivity index (χ1) is 17.9. The van der Waals surface area contributed by atoms with Crippen LogP contribution in [0.5, 0.6) is 0 Å². The Bertz CT molecular complexity index is 1410. The quantitative estimate of drug-likeness (QED) is 0.347. The molecule has 3 aromatic carbocycles. The Labute approximate surface area is 224 Å². The number of thioether (sulfide) groups is 1. The van der Waals surface area contributed by atoms with Crippen LogP contribution in [0.3, 0.4) is 0 Å². The third-order valence-corrected chi connectivity index (χ3v) is 9.20. The number of benzene rings is 3. The third kappa shape index (κ3) is 3.97. The van der Waals surface area contributed by atoms with Crippen LogP contribution >= 0.6 is 11.8 Å². The molecule has 6 rings (SSSR count). The molecule has 3 aliphatic rings. The van der Waals surface area contributed by atoms with E-state index < -0.39 is 0 Å². The molecule has 3 atom stereocenters. The molecule has 3 unspecified atom stereocenters. The van der Waals surface area contributed by atoms with Gasteiger partial charge in [0.1, 0.15) is 11.5 Å². The molecule has 2 aliphatic heterocycles. The summed E-state index contributed by atoms with van der Waals surface area (Å²) in [5.74, 6) is 0. The Kier molecular flexibility index (Phi) is 5.93. The van der Waals surface area contributed by atoms with Gasteiger partial charge in [0.2, 0.25) is 0 Å². The first-order valence-corrected chi connectivity index (χ1v) is 13.8. The summed E-state index contributed by atoms with van der Waals surface area (Å²) in [4.78, 5) is 3.65. The van der Waals surface area contributed by atoms with Crippen molar-refractivity contribution in [2.75, 3.05) is 12.4 Å². The van der Waals surface area contributed by atoms with Gasteiger partial charge in [0, 0.05) is 34.4 Å². The summed E-state index contributed by atoms with van der Waals surface area (Å²) >= 11 is 1.77. The summed E-state index contributed by atoms with van der Waals surface area (Å²) < 4.78 is 0. The van der Waals surface area contributed by atoms with Gasteiger partial charge in [0.15, 0.2) is 0 Å². The lowest BCUT2D eigenvalue weighted by Gasteiger charge is -2.44. The maximum atomic E-state index is 6.56. The second-order valence-electron chi connectivity index (χ2n) is 10.7. The average molecular weight is 507 g/mol. The fourth-order valence-electron chi connectivity index (χ4n) is 6.11. The van der Waals surface area contributed by atoms with Crippen LogP contribution in [0, 0.1) is 0 Å². The molecule has 188 valence electrons. The molecule has 0 spiro atoms. The second-order valence-corrected chi connectivity index (χ2v) is 11.8. The Morgan fingerprint density at radius 2 is 1.65 bits per heavy atom. The van der Waals surface area contributed by atoms with E-state index in [1.54, 1.807) is 11.8 Å². The highest BCUT2D eigenvalue weighted by molar-refractivity contribution is 8.00. The van der Waals surface area contributed by atoms with E-state index in [4.69, 9.17) is 5.73 Å². The minimum absolute atomic E-state index is 0.0383. The lowest BCUT2D eigenvalue weighted by atomic mass is 9.79. The summed E-state index contributed by atoms with van der Waals surface area (Å²) in [6.07, 6.45) is 4.28. The van der Waals surface area contributed by atoms with Gasteiger partial charge < -0.3 is 16.0 Å². The highest BCUT2D eigenvalue weighted by atomic mass is 32.2. The molecule has 4 N–H and O–H groups in total. The van der Waals surface area contributed by atoms with Crippen molar-refractivity contribution in [1.29, 1.82) is 0 Å². The van der Waals surface area contributed by atoms with Crippen LogP contribution < -0.4 is 16.4 Å². The van der Waals surface area contributed by atoms with E-state index >= 15 is 0 Å². The number of nitrogens with zero attached hydrogens (tertiary/aromatic N) is 1. The minimum Gasteiger partial charge on any atom is -0.400 e. The SMILES string of the molecule is C/C(=C\C=C(/N)C1Nc2ccccc2S1)C1NC2C(=C(c3ccccc3)N1C)C(C)(C)c1ccccc12. The maximum absolute atomic E-state index is 6.56. The molecule has 0 aromatic heterocycles. The molecule has 37 heavy (non-hydrogen) atoms. The Hall–Kier alpha value is -3.41. The second kappa shape index (κ2) is 9.16. The monoisotopic (exact) mass is 506 g/mol. The van der Waals surface area contributed by atoms with Gasteiger partial charge in [0.05, 0.1) is 6.04 Å². The lowest BCUT2D eigenvalue weighted by Crippen LogP contribution is -2.50. The van der Waals surface area contributed by atoms with Crippen molar-refractivity contribution >= 4 is 23.1 Å². The number of hydrogen-bond acceptors (Lipinski definition) is 5. The zero-order valence-electron chi connectivity index (χ0n) is 21.8. The van der Waals surface area contributed by atoms with Crippen LogP contribution in [0.2, 0.25) is 0 Å². The van der Waals surface area contributed by atoms with Crippen molar-refractivity contribution in [3.05, 3.63) is 125 Å². The lowest BCUT2D eigenvalue weighted by molar-refractivity contribution is 0.281. The van der Waals surface area contributed by atoms with Gasteiger partial charge in [-0.2, -0.15) is 0 Å². The molecule has 2 heterocycles. The topological polar surface area (TPSA) is 53.3 Å². The first kappa shape index (κ1) is 24.0. The summed E-state index contributed by atoms with van der Waals surface area (Å²) in [5.41, 5.74) is 16.5. The summed E-state index contributed by atoms with van der Waals surface area (Å²) in [5, 5.41) is 7.57. The van der Waals surface area contributed by atoms with E-state index in [-0.39, 0.29) is 23.0 Å². The molecule has 5 heteroatoms. The Morgan fingerprint density at radius 3 is 2.43 bits per heavy atom. The molecular formula is C32H34N4S. The van der Waals surface area contributed by atoms with Crippen LogP contribution in [0.1, 0.15) is 43.5 Å². The van der Waals surface area contributed by atoms with E-state index in [0.29, 0.717) is 0 Å². The highest BCUT2D eigenvalue weighted by Gasteiger charge is 2.48. The molecule has 0 saturated carbocycles. The largest absolute Gasteiger partial charge is 0.400 e. The molecule has 1 aliphatic carbocycles. The fraction of sp³-hybridized carbons (Fsp3) is 0.250. The number of anilines is 1. The molecule has 0 saturated heterocycles. The van der Waals surface area contributed by atoms with Crippen LogP contribution in [0.15, 0.2) is 113 Å². The van der Waals surface area contributed by atoms with Gasteiger partial charge in [-0.05, 0) is 53.0 Å². The average Bonchev–Trinajstić information content (AvgIpc) is 3.45. The van der Waals surface area contributed by atoms with Gasteiger partial charge >= 0.3 is 0 Å². The number of allylic oxidation sites excluding steroid dienone is 2. The molecule has 4 nitrogen and oxygen atoms in total. The van der Waals surface area contributed by atoms with Crippen molar-refractivity contribution < 1.29 is 0 Å². The first-order valence-electron chi connectivity index (χ1n) is 12.9. The Morgan fingerprint density at radius 1 is 0.946 bits per heavy atom. The van der Waals surface area contributed by atoms with Crippen LogP contribution in [0.25, 0.3) is 5.70 Å². The summed E-state index contributed by atoms with van der Waals surface area (Å²) in [6, 6.07) is 28.2. The van der Waals surface area contributed by atoms with E-state index in [1.165, 1.54) is 38.4 Å². The van der Waals surface area contributed by atoms with Gasteiger partial charge in [-0.25, -0.2) is 0 Å². The smallest absolute Gasteiger partial charge is 0.117 e. The van der Waals surface area contributed by atoms with Crippen LogP contribution in [0.4, 0.5) is 5.69 Å². The number of nitrogens with one attached hydrogen (secondary N) is 2.